The fourth-order valence-electron chi connectivity index (χ4n) is 1.16. The fraction of sp³-hybridized carbons (Fsp3) is 0.273. The SMILES string of the molecule is C#CCN(C)Cc1cccc(F)c1. The summed E-state index contributed by atoms with van der Waals surface area (Å²) >= 11 is 0. The van der Waals surface area contributed by atoms with Crippen LogP contribution in [0, 0.1) is 18.2 Å². The van der Waals surface area contributed by atoms with E-state index in [2.05, 4.69) is 5.92 Å². The topological polar surface area (TPSA) is 3.24 Å². The van der Waals surface area contributed by atoms with Crippen LogP contribution in [0.3, 0.4) is 0 Å². The molecule has 1 rings (SSSR count). The van der Waals surface area contributed by atoms with Gasteiger partial charge in [0.15, 0.2) is 0 Å². The third kappa shape index (κ3) is 3.27. The van der Waals surface area contributed by atoms with E-state index in [0.29, 0.717) is 13.1 Å². The maximum absolute atomic E-state index is 12.7. The molecular weight excluding hydrogens is 165 g/mol. The molecule has 0 unspecified atom stereocenters. The Morgan fingerprint density at radius 2 is 2.31 bits per heavy atom. The standard InChI is InChI=1S/C11H12FN/c1-3-7-13(2)9-10-5-4-6-11(12)8-10/h1,4-6,8H,7,9H2,2H3. The van der Waals surface area contributed by atoms with Crippen molar-refractivity contribution >= 4 is 0 Å². The summed E-state index contributed by atoms with van der Waals surface area (Å²) in [5.74, 6) is 2.33. The summed E-state index contributed by atoms with van der Waals surface area (Å²) in [6.07, 6.45) is 5.15. The molecule has 1 aromatic rings. The number of halogens is 1. The molecule has 0 aromatic heterocycles. The van der Waals surface area contributed by atoms with E-state index in [9.17, 15) is 4.39 Å². The number of rotatable bonds is 3. The van der Waals surface area contributed by atoms with Crippen molar-refractivity contribution in [2.75, 3.05) is 13.6 Å². The Labute approximate surface area is 78.2 Å². The van der Waals surface area contributed by atoms with Gasteiger partial charge in [-0.2, -0.15) is 0 Å². The predicted molar refractivity (Wildman–Crippen MR) is 51.6 cm³/mol. The molecule has 0 saturated heterocycles. The molecule has 1 aromatic carbocycles. The number of hydrogen-bond acceptors (Lipinski definition) is 1. The molecule has 1 nitrogen and oxygen atoms in total. The summed E-state index contributed by atoms with van der Waals surface area (Å²) < 4.78 is 12.7. The van der Waals surface area contributed by atoms with Crippen molar-refractivity contribution in [3.05, 3.63) is 35.6 Å². The first-order chi connectivity index (χ1) is 6.22. The molecule has 0 aliphatic rings. The van der Waals surface area contributed by atoms with E-state index in [-0.39, 0.29) is 5.82 Å². The molecule has 0 heterocycles. The Balaban J connectivity index is 2.59. The van der Waals surface area contributed by atoms with E-state index in [1.165, 1.54) is 12.1 Å². The fourth-order valence-corrected chi connectivity index (χ4v) is 1.16. The Morgan fingerprint density at radius 3 is 2.92 bits per heavy atom. The van der Waals surface area contributed by atoms with Crippen LogP contribution in [0.2, 0.25) is 0 Å². The van der Waals surface area contributed by atoms with Crippen LogP contribution >= 0.6 is 0 Å². The lowest BCUT2D eigenvalue weighted by atomic mass is 10.2. The van der Waals surface area contributed by atoms with Crippen molar-refractivity contribution in [1.29, 1.82) is 0 Å². The number of benzene rings is 1. The van der Waals surface area contributed by atoms with Gasteiger partial charge in [-0.15, -0.1) is 6.42 Å². The summed E-state index contributed by atoms with van der Waals surface area (Å²) in [4.78, 5) is 1.95. The molecule has 2 heteroatoms. The molecule has 0 aliphatic carbocycles. The van der Waals surface area contributed by atoms with Crippen LogP contribution in [0.4, 0.5) is 4.39 Å². The molecule has 0 radical (unpaired) electrons. The summed E-state index contributed by atoms with van der Waals surface area (Å²) in [5.41, 5.74) is 0.942. The lowest BCUT2D eigenvalue weighted by molar-refractivity contribution is 0.368. The van der Waals surface area contributed by atoms with Gasteiger partial charge in [-0.3, -0.25) is 4.90 Å². The molecule has 0 atom stereocenters. The van der Waals surface area contributed by atoms with Crippen LogP contribution in [0.5, 0.6) is 0 Å². The lowest BCUT2D eigenvalue weighted by Crippen LogP contribution is -2.17. The van der Waals surface area contributed by atoms with Crippen molar-refractivity contribution in [2.24, 2.45) is 0 Å². The normalized spacial score (nSPS) is 10.0. The molecule has 0 bridgehead atoms. The smallest absolute Gasteiger partial charge is 0.123 e. The Hall–Kier alpha value is -1.33. The van der Waals surface area contributed by atoms with Gasteiger partial charge in [-0.1, -0.05) is 18.1 Å². The molecule has 0 aliphatic heterocycles. The largest absolute Gasteiger partial charge is 0.291 e. The van der Waals surface area contributed by atoms with Gasteiger partial charge in [-0.05, 0) is 24.7 Å². The van der Waals surface area contributed by atoms with Crippen LogP contribution in [-0.2, 0) is 6.54 Å². The average molecular weight is 177 g/mol. The lowest BCUT2D eigenvalue weighted by Gasteiger charge is -2.12. The van der Waals surface area contributed by atoms with Gasteiger partial charge in [-0.25, -0.2) is 4.39 Å². The molecule has 68 valence electrons. The number of nitrogens with zero attached hydrogens (tertiary/aromatic N) is 1. The van der Waals surface area contributed by atoms with E-state index in [1.807, 2.05) is 18.0 Å². The Morgan fingerprint density at radius 1 is 1.54 bits per heavy atom. The predicted octanol–water partition coefficient (Wildman–Crippen LogP) is 1.89. The molecule has 0 spiro atoms. The zero-order valence-electron chi connectivity index (χ0n) is 7.63. The van der Waals surface area contributed by atoms with Crippen molar-refractivity contribution in [3.8, 4) is 12.3 Å². The van der Waals surface area contributed by atoms with Crippen molar-refractivity contribution in [1.82, 2.24) is 4.90 Å². The molecule has 0 amide bonds. The van der Waals surface area contributed by atoms with E-state index in [1.54, 1.807) is 6.07 Å². The Kier molecular flexibility index (Phi) is 3.48. The highest BCUT2D eigenvalue weighted by Crippen LogP contribution is 2.05. The van der Waals surface area contributed by atoms with Crippen LogP contribution in [0.15, 0.2) is 24.3 Å². The van der Waals surface area contributed by atoms with Crippen LogP contribution in [0.25, 0.3) is 0 Å². The monoisotopic (exact) mass is 177 g/mol. The molecule has 13 heavy (non-hydrogen) atoms. The summed E-state index contributed by atoms with van der Waals surface area (Å²) in [7, 11) is 1.91. The minimum Gasteiger partial charge on any atom is -0.291 e. The molecule has 0 fully saturated rings. The van der Waals surface area contributed by atoms with E-state index < -0.39 is 0 Å². The van der Waals surface area contributed by atoms with E-state index in [4.69, 9.17) is 6.42 Å². The first-order valence-corrected chi connectivity index (χ1v) is 4.09. The zero-order valence-corrected chi connectivity index (χ0v) is 7.63. The quantitative estimate of drug-likeness (QED) is 0.637. The van der Waals surface area contributed by atoms with E-state index in [0.717, 1.165) is 5.56 Å². The van der Waals surface area contributed by atoms with Gasteiger partial charge in [0, 0.05) is 6.54 Å². The second-order valence-electron chi connectivity index (χ2n) is 3.01. The summed E-state index contributed by atoms with van der Waals surface area (Å²) in [5, 5.41) is 0. The maximum atomic E-state index is 12.7. The van der Waals surface area contributed by atoms with Gasteiger partial charge in [0.25, 0.3) is 0 Å². The summed E-state index contributed by atoms with van der Waals surface area (Å²) in [6, 6.07) is 6.54. The Bertz CT molecular complexity index is 314. The van der Waals surface area contributed by atoms with Crippen LogP contribution < -0.4 is 0 Å². The third-order valence-corrected chi connectivity index (χ3v) is 1.70. The average Bonchev–Trinajstić information content (AvgIpc) is 2.04. The maximum Gasteiger partial charge on any atom is 0.123 e. The van der Waals surface area contributed by atoms with Gasteiger partial charge < -0.3 is 0 Å². The van der Waals surface area contributed by atoms with E-state index >= 15 is 0 Å². The second-order valence-corrected chi connectivity index (χ2v) is 3.01. The zero-order chi connectivity index (χ0) is 9.68. The minimum absolute atomic E-state index is 0.202. The third-order valence-electron chi connectivity index (χ3n) is 1.70. The minimum atomic E-state index is -0.202. The van der Waals surface area contributed by atoms with Crippen molar-refractivity contribution < 1.29 is 4.39 Å². The van der Waals surface area contributed by atoms with Crippen molar-refractivity contribution in [3.63, 3.8) is 0 Å². The first-order valence-electron chi connectivity index (χ1n) is 4.09. The molecule has 0 saturated carbocycles. The van der Waals surface area contributed by atoms with Gasteiger partial charge in [0.1, 0.15) is 5.82 Å². The van der Waals surface area contributed by atoms with Gasteiger partial charge >= 0.3 is 0 Å². The highest BCUT2D eigenvalue weighted by molar-refractivity contribution is 5.16. The molecular formula is C11H12FN. The highest BCUT2D eigenvalue weighted by atomic mass is 19.1. The number of hydrogen-bond donors (Lipinski definition) is 0. The van der Waals surface area contributed by atoms with Crippen LogP contribution in [0.1, 0.15) is 5.56 Å². The summed E-state index contributed by atoms with van der Waals surface area (Å²) in [6.45, 7) is 1.26. The van der Waals surface area contributed by atoms with Gasteiger partial charge in [0.2, 0.25) is 0 Å². The van der Waals surface area contributed by atoms with Gasteiger partial charge in [0.05, 0.1) is 6.54 Å². The first kappa shape index (κ1) is 9.76. The molecule has 0 N–H and O–H groups in total. The highest BCUT2D eigenvalue weighted by Gasteiger charge is 1.98. The number of terminal acetylenes is 1. The van der Waals surface area contributed by atoms with Crippen molar-refractivity contribution in [2.45, 2.75) is 6.54 Å². The van der Waals surface area contributed by atoms with Crippen LogP contribution in [-0.4, -0.2) is 18.5 Å². The second kappa shape index (κ2) is 4.64.